The van der Waals surface area contributed by atoms with Crippen molar-refractivity contribution < 1.29 is 28.4 Å². The molecule has 6 aliphatic carbocycles. The molecule has 0 amide bonds. The Kier molecular flexibility index (Phi) is 38.2. The van der Waals surface area contributed by atoms with Crippen LogP contribution in [-0.4, -0.2) is 220 Å². The second kappa shape index (κ2) is 44.6. The van der Waals surface area contributed by atoms with Gasteiger partial charge in [-0.15, -0.1) is 0 Å². The van der Waals surface area contributed by atoms with Crippen LogP contribution in [-0.2, 0) is 28.4 Å². The number of nitrogens with zero attached hydrogens (tertiary/aromatic N) is 6. The summed E-state index contributed by atoms with van der Waals surface area (Å²) in [6.45, 7) is 49.7. The molecule has 6 heterocycles. The summed E-state index contributed by atoms with van der Waals surface area (Å²) >= 11 is 0. The van der Waals surface area contributed by atoms with Crippen LogP contribution in [0.1, 0.15) is 289 Å². The Bertz CT molecular complexity index is 1800. The largest absolute Gasteiger partial charge is 0.376 e. The van der Waals surface area contributed by atoms with E-state index < -0.39 is 0 Å². The molecule has 92 heavy (non-hydrogen) atoms. The highest BCUT2D eigenvalue weighted by Gasteiger charge is 2.36. The fourth-order valence-corrected chi connectivity index (χ4v) is 18.3. The maximum atomic E-state index is 6.09. The molecular weight excluding hydrogens is 1140 g/mol. The first-order valence-electron chi connectivity index (χ1n) is 40.7. The van der Waals surface area contributed by atoms with Crippen LogP contribution >= 0.6 is 0 Å². The van der Waals surface area contributed by atoms with Gasteiger partial charge in [0.25, 0.3) is 0 Å². The second-order valence-electron chi connectivity index (χ2n) is 33.4. The van der Waals surface area contributed by atoms with E-state index in [1.54, 1.807) is 0 Å². The van der Waals surface area contributed by atoms with E-state index in [1.165, 1.54) is 323 Å². The van der Waals surface area contributed by atoms with E-state index >= 15 is 0 Å². The van der Waals surface area contributed by atoms with E-state index in [1.807, 2.05) is 0 Å². The summed E-state index contributed by atoms with van der Waals surface area (Å²) in [7, 11) is 0. The first-order valence-corrected chi connectivity index (χ1v) is 40.7. The van der Waals surface area contributed by atoms with Crippen molar-refractivity contribution in [1.82, 2.24) is 29.4 Å². The van der Waals surface area contributed by atoms with Crippen molar-refractivity contribution in [3.05, 3.63) is 0 Å². The Morgan fingerprint density at radius 1 is 0.217 bits per heavy atom. The molecule has 6 saturated carbocycles. The predicted molar refractivity (Wildman–Crippen MR) is 387 cm³/mol. The maximum absolute atomic E-state index is 6.09. The third kappa shape index (κ3) is 31.8. The third-order valence-electron chi connectivity index (χ3n) is 22.8. The molecule has 12 fully saturated rings. The van der Waals surface area contributed by atoms with Crippen LogP contribution in [0.25, 0.3) is 0 Å². The summed E-state index contributed by atoms with van der Waals surface area (Å²) in [6, 6.07) is 0. The lowest BCUT2D eigenvalue weighted by Crippen LogP contribution is -2.42. The van der Waals surface area contributed by atoms with Crippen LogP contribution in [0, 0.1) is 35.5 Å². The lowest BCUT2D eigenvalue weighted by atomic mass is 9.81. The van der Waals surface area contributed by atoms with Crippen LogP contribution in [0.4, 0.5) is 0 Å². The first-order chi connectivity index (χ1) is 44.5. The second-order valence-corrected chi connectivity index (χ2v) is 33.4. The molecule has 6 aliphatic heterocycles. The summed E-state index contributed by atoms with van der Waals surface area (Å²) in [5.74, 6) is 5.20. The average Bonchev–Trinajstić information content (AvgIpc) is 1.22. The molecule has 10 atom stereocenters. The zero-order chi connectivity index (χ0) is 65.5. The summed E-state index contributed by atoms with van der Waals surface area (Å²) in [4.78, 5) is 15.8. The molecule has 0 aromatic carbocycles. The van der Waals surface area contributed by atoms with Gasteiger partial charge >= 0.3 is 0 Å². The molecule has 12 heteroatoms. The Labute approximate surface area is 570 Å². The molecule has 12 nitrogen and oxygen atoms in total. The van der Waals surface area contributed by atoms with Gasteiger partial charge in [0.1, 0.15) is 0 Å². The quantitative estimate of drug-likeness (QED) is 0.0924. The van der Waals surface area contributed by atoms with Gasteiger partial charge in [0.2, 0.25) is 0 Å². The Hall–Kier alpha value is -0.480. The summed E-state index contributed by atoms with van der Waals surface area (Å²) in [5, 5.41) is 0. The van der Waals surface area contributed by atoms with Gasteiger partial charge in [0, 0.05) is 39.3 Å². The molecule has 0 aromatic rings. The van der Waals surface area contributed by atoms with Crippen molar-refractivity contribution in [2.45, 2.75) is 362 Å². The highest BCUT2D eigenvalue weighted by Crippen LogP contribution is 2.36. The lowest BCUT2D eigenvalue weighted by molar-refractivity contribution is -0.0832. The Morgan fingerprint density at radius 3 is 0.870 bits per heavy atom. The van der Waals surface area contributed by atoms with Crippen LogP contribution < -0.4 is 0 Å². The minimum absolute atomic E-state index is 0.393. The molecule has 540 valence electrons. The van der Waals surface area contributed by atoms with E-state index in [9.17, 15) is 0 Å². The molecular formula is C80H154N6O6. The molecule has 0 radical (unpaired) electrons. The average molecular weight is 1300 g/mol. The van der Waals surface area contributed by atoms with Gasteiger partial charge < -0.3 is 57.8 Å². The smallest absolute Gasteiger partial charge is 0.0619 e. The summed E-state index contributed by atoms with van der Waals surface area (Å²) < 4.78 is 35.7. The first kappa shape index (κ1) is 78.9. The van der Waals surface area contributed by atoms with Gasteiger partial charge in [-0.2, -0.15) is 0 Å². The van der Waals surface area contributed by atoms with E-state index in [0.717, 1.165) is 35.5 Å². The molecule has 6 saturated heterocycles. The third-order valence-corrected chi connectivity index (χ3v) is 22.8. The molecule has 0 aromatic heterocycles. The normalized spacial score (nSPS) is 32.8. The van der Waals surface area contributed by atoms with Gasteiger partial charge in [0.05, 0.1) is 73.2 Å². The van der Waals surface area contributed by atoms with Crippen molar-refractivity contribution >= 4 is 0 Å². The van der Waals surface area contributed by atoms with E-state index in [-0.39, 0.29) is 0 Å². The van der Waals surface area contributed by atoms with Gasteiger partial charge in [-0.25, -0.2) is 0 Å². The number of likely N-dealkylation sites (tertiary alicyclic amines) is 6. The van der Waals surface area contributed by atoms with Crippen molar-refractivity contribution in [1.29, 1.82) is 0 Å². The molecule has 12 rings (SSSR count). The number of ether oxygens (including phenoxy) is 6. The van der Waals surface area contributed by atoms with E-state index in [4.69, 9.17) is 28.4 Å². The van der Waals surface area contributed by atoms with Gasteiger partial charge in [-0.1, -0.05) is 25.7 Å². The van der Waals surface area contributed by atoms with Crippen LogP contribution in [0.2, 0.25) is 0 Å². The van der Waals surface area contributed by atoms with Crippen LogP contribution in [0.15, 0.2) is 0 Å². The van der Waals surface area contributed by atoms with Crippen molar-refractivity contribution in [2.24, 2.45) is 35.5 Å². The highest BCUT2D eigenvalue weighted by atomic mass is 16.5. The lowest BCUT2D eigenvalue weighted by Gasteiger charge is -2.39. The maximum Gasteiger partial charge on any atom is 0.0619 e. The van der Waals surface area contributed by atoms with Crippen molar-refractivity contribution in [3.63, 3.8) is 0 Å². The SMILES string of the molecule is CC(C)OC1CCC(CN2CCCC2)C1.CC(C)OC1CCC(CN2CCCC2)CC1.CC(C)OC1CCC1CN1CCCC1.CC(C)OC1CCCC(CN2CCCC2)C1.CC(C)OC1CCCC1CN1CCCC1.CC(C)OC1CCCCC1CN1CCCC1. The zero-order valence-electron chi connectivity index (χ0n) is 62.9. The van der Waals surface area contributed by atoms with Crippen molar-refractivity contribution in [2.75, 3.05) is 118 Å². The Morgan fingerprint density at radius 2 is 0.489 bits per heavy atom. The van der Waals surface area contributed by atoms with Crippen molar-refractivity contribution in [3.8, 4) is 0 Å². The Balaban J connectivity index is 0.000000157. The van der Waals surface area contributed by atoms with E-state index in [0.29, 0.717) is 73.2 Å². The molecule has 10 unspecified atom stereocenters. The van der Waals surface area contributed by atoms with Crippen LogP contribution in [0.3, 0.4) is 0 Å². The van der Waals surface area contributed by atoms with E-state index in [2.05, 4.69) is 112 Å². The minimum Gasteiger partial charge on any atom is -0.376 e. The van der Waals surface area contributed by atoms with Crippen LogP contribution in [0.5, 0.6) is 0 Å². The fourth-order valence-electron chi connectivity index (χ4n) is 18.3. The summed E-state index contributed by atoms with van der Waals surface area (Å²) in [6.07, 6.45) is 49.5. The van der Waals surface area contributed by atoms with Gasteiger partial charge in [0.15, 0.2) is 0 Å². The molecule has 12 aliphatic rings. The zero-order valence-corrected chi connectivity index (χ0v) is 62.9. The molecule has 0 spiro atoms. The van der Waals surface area contributed by atoms with Gasteiger partial charge in [-0.05, 0) is 377 Å². The predicted octanol–water partition coefficient (Wildman–Crippen LogP) is 16.8. The number of hydrogen-bond acceptors (Lipinski definition) is 12. The number of hydrogen-bond donors (Lipinski definition) is 0. The molecule has 0 N–H and O–H groups in total. The standard InChI is InChI=1S/3C14H27NO.2C13H25NO.C12H23NO/c1-12(2)16-14-7-5-13(6-8-14)11-15-9-3-4-10-15;1-12(2)16-14-7-5-6-13(10-14)11-15-8-3-4-9-15;1-12(2)16-14-8-4-3-7-13(14)11-15-9-5-6-10-15;1-11(2)15-13-7-5-6-12(13)10-14-8-3-4-9-14;1-11(2)15-13-6-5-12(9-13)10-14-7-3-4-8-14;1-10(2)14-12-6-5-11(12)9-13-7-3-4-8-13/h3*12-14H,3-11H2,1-2H3;2*11-13H,3-10H2,1-2H3;10-12H,3-9H2,1-2H3. The van der Waals surface area contributed by atoms with Gasteiger partial charge in [-0.3, -0.25) is 0 Å². The highest BCUT2D eigenvalue weighted by molar-refractivity contribution is 4.88. The monoisotopic (exact) mass is 1300 g/mol. The topological polar surface area (TPSA) is 74.8 Å². The fraction of sp³-hybridized carbons (Fsp3) is 1.00. The summed E-state index contributed by atoms with van der Waals surface area (Å²) in [5.41, 5.74) is 0. The minimum atomic E-state index is 0.393. The number of rotatable bonds is 24. The molecule has 0 bridgehead atoms.